The number of aryl methyl sites for hydroxylation is 1. The minimum atomic E-state index is -0.496. The Balaban J connectivity index is 1.98. The molecular formula is C20H21N3O3S. The Kier molecular flexibility index (Phi) is 5.14. The standard InChI is InChI=1S/C20H21N3O3S/c1-12(2)22-11-14(9-13(22)3)10-17-18(24)21-20(27)23(19(17)25)15-5-7-16(26-4)8-6-15/h5-12H,1-4H3,(H,21,24,27)/b17-10-. The topological polar surface area (TPSA) is 63.6 Å². The van der Waals surface area contributed by atoms with E-state index in [4.69, 9.17) is 17.0 Å². The molecule has 0 bridgehead atoms. The van der Waals surface area contributed by atoms with E-state index in [2.05, 4.69) is 23.7 Å². The SMILES string of the molecule is COc1ccc(N2C(=O)/C(=C\c3cc(C)n(C(C)C)c3)C(=O)NC2=S)cc1. The lowest BCUT2D eigenvalue weighted by Crippen LogP contribution is -2.54. The number of amides is 2. The van der Waals surface area contributed by atoms with Crippen LogP contribution in [0.3, 0.4) is 0 Å². The second-order valence-corrected chi connectivity index (χ2v) is 6.96. The minimum absolute atomic E-state index is 0.0420. The number of hydrogen-bond acceptors (Lipinski definition) is 4. The van der Waals surface area contributed by atoms with Gasteiger partial charge < -0.3 is 9.30 Å². The first kappa shape index (κ1) is 18.8. The van der Waals surface area contributed by atoms with Crippen LogP contribution in [0.5, 0.6) is 5.75 Å². The van der Waals surface area contributed by atoms with E-state index in [1.165, 1.54) is 4.90 Å². The van der Waals surface area contributed by atoms with Crippen LogP contribution in [0.4, 0.5) is 5.69 Å². The van der Waals surface area contributed by atoms with Crippen LogP contribution in [0.1, 0.15) is 31.1 Å². The lowest BCUT2D eigenvalue weighted by atomic mass is 10.1. The summed E-state index contributed by atoms with van der Waals surface area (Å²) in [6.07, 6.45) is 3.53. The van der Waals surface area contributed by atoms with Gasteiger partial charge in [0, 0.05) is 17.9 Å². The molecule has 1 fully saturated rings. The van der Waals surface area contributed by atoms with Gasteiger partial charge in [0.05, 0.1) is 12.8 Å². The summed E-state index contributed by atoms with van der Waals surface area (Å²) in [7, 11) is 1.57. The number of carbonyl (C=O) groups excluding carboxylic acids is 2. The van der Waals surface area contributed by atoms with Crippen molar-refractivity contribution >= 4 is 40.9 Å². The fourth-order valence-electron chi connectivity index (χ4n) is 3.04. The molecule has 27 heavy (non-hydrogen) atoms. The maximum atomic E-state index is 13.0. The number of anilines is 1. The number of rotatable bonds is 4. The number of aromatic nitrogens is 1. The summed E-state index contributed by atoms with van der Waals surface area (Å²) < 4.78 is 7.23. The molecular weight excluding hydrogens is 362 g/mol. The summed E-state index contributed by atoms with van der Waals surface area (Å²) >= 11 is 5.21. The quantitative estimate of drug-likeness (QED) is 0.500. The molecule has 0 spiro atoms. The van der Waals surface area contributed by atoms with Crippen molar-refractivity contribution in [1.82, 2.24) is 9.88 Å². The van der Waals surface area contributed by atoms with Crippen molar-refractivity contribution in [1.29, 1.82) is 0 Å². The molecule has 0 atom stereocenters. The molecule has 0 radical (unpaired) electrons. The molecule has 2 amide bonds. The first-order chi connectivity index (χ1) is 12.8. The van der Waals surface area contributed by atoms with E-state index in [1.54, 1.807) is 37.5 Å². The van der Waals surface area contributed by atoms with Crippen molar-refractivity contribution in [3.05, 3.63) is 53.4 Å². The van der Waals surface area contributed by atoms with Gasteiger partial charge in [0.25, 0.3) is 11.8 Å². The number of nitrogens with zero attached hydrogens (tertiary/aromatic N) is 2. The molecule has 0 unspecified atom stereocenters. The van der Waals surface area contributed by atoms with Crippen LogP contribution in [-0.4, -0.2) is 28.6 Å². The monoisotopic (exact) mass is 383 g/mol. The van der Waals surface area contributed by atoms with E-state index in [0.717, 1.165) is 11.3 Å². The lowest BCUT2D eigenvalue weighted by Gasteiger charge is -2.28. The predicted octanol–water partition coefficient (Wildman–Crippen LogP) is 3.22. The number of hydrogen-bond donors (Lipinski definition) is 1. The van der Waals surface area contributed by atoms with Gasteiger partial charge in [0.2, 0.25) is 0 Å². The van der Waals surface area contributed by atoms with E-state index in [1.807, 2.05) is 19.2 Å². The number of nitrogens with one attached hydrogen (secondary N) is 1. The van der Waals surface area contributed by atoms with Crippen LogP contribution in [0.25, 0.3) is 6.08 Å². The molecule has 6 nitrogen and oxygen atoms in total. The average Bonchev–Trinajstić information content (AvgIpc) is 3.00. The average molecular weight is 383 g/mol. The van der Waals surface area contributed by atoms with E-state index in [9.17, 15) is 9.59 Å². The second kappa shape index (κ2) is 7.36. The molecule has 1 saturated heterocycles. The number of benzene rings is 1. The van der Waals surface area contributed by atoms with Crippen molar-refractivity contribution in [3.63, 3.8) is 0 Å². The highest BCUT2D eigenvalue weighted by Gasteiger charge is 2.34. The van der Waals surface area contributed by atoms with Crippen molar-refractivity contribution in [2.24, 2.45) is 0 Å². The van der Waals surface area contributed by atoms with Gasteiger partial charge in [0.15, 0.2) is 5.11 Å². The molecule has 7 heteroatoms. The summed E-state index contributed by atoms with van der Waals surface area (Å²) in [5.41, 5.74) is 2.46. The van der Waals surface area contributed by atoms with Crippen LogP contribution in [0.15, 0.2) is 42.1 Å². The van der Waals surface area contributed by atoms with E-state index in [-0.39, 0.29) is 16.7 Å². The van der Waals surface area contributed by atoms with Crippen molar-refractivity contribution in [2.75, 3.05) is 12.0 Å². The Morgan fingerprint density at radius 3 is 2.41 bits per heavy atom. The Bertz CT molecular complexity index is 942. The minimum Gasteiger partial charge on any atom is -0.497 e. The largest absolute Gasteiger partial charge is 0.497 e. The van der Waals surface area contributed by atoms with E-state index >= 15 is 0 Å². The van der Waals surface area contributed by atoms with E-state index in [0.29, 0.717) is 11.4 Å². The first-order valence-corrected chi connectivity index (χ1v) is 8.96. The van der Waals surface area contributed by atoms with Gasteiger partial charge in [-0.2, -0.15) is 0 Å². The van der Waals surface area contributed by atoms with E-state index < -0.39 is 11.8 Å². The molecule has 2 aromatic rings. The van der Waals surface area contributed by atoms with Crippen LogP contribution in [-0.2, 0) is 9.59 Å². The summed E-state index contributed by atoms with van der Waals surface area (Å²) in [6, 6.07) is 9.14. The van der Waals surface area contributed by atoms with Crippen molar-refractivity contribution < 1.29 is 14.3 Å². The third-order valence-electron chi connectivity index (χ3n) is 4.37. The summed E-state index contributed by atoms with van der Waals surface area (Å²) in [6.45, 7) is 6.14. The zero-order valence-corrected chi connectivity index (χ0v) is 16.5. The van der Waals surface area contributed by atoms with Crippen LogP contribution in [0.2, 0.25) is 0 Å². The van der Waals surface area contributed by atoms with Gasteiger partial charge in [-0.25, -0.2) is 0 Å². The number of carbonyl (C=O) groups is 2. The molecule has 1 aliphatic rings. The molecule has 2 heterocycles. The van der Waals surface area contributed by atoms with Crippen molar-refractivity contribution in [2.45, 2.75) is 26.8 Å². The molecule has 0 saturated carbocycles. The van der Waals surface area contributed by atoms with Gasteiger partial charge >= 0.3 is 0 Å². The zero-order valence-electron chi connectivity index (χ0n) is 15.6. The fourth-order valence-corrected chi connectivity index (χ4v) is 3.32. The molecule has 140 valence electrons. The Morgan fingerprint density at radius 1 is 1.19 bits per heavy atom. The third kappa shape index (κ3) is 3.64. The van der Waals surface area contributed by atoms with Gasteiger partial charge in [-0.1, -0.05) is 0 Å². The Hall–Kier alpha value is -2.93. The van der Waals surface area contributed by atoms with Gasteiger partial charge in [-0.15, -0.1) is 0 Å². The van der Waals surface area contributed by atoms with Gasteiger partial charge in [-0.3, -0.25) is 19.8 Å². The molecule has 1 aliphatic heterocycles. The number of ether oxygens (including phenoxy) is 1. The van der Waals surface area contributed by atoms with Crippen molar-refractivity contribution in [3.8, 4) is 5.75 Å². The maximum absolute atomic E-state index is 13.0. The Labute approximate surface area is 163 Å². The first-order valence-electron chi connectivity index (χ1n) is 8.56. The molecule has 0 aliphatic carbocycles. The van der Waals surface area contributed by atoms with Crippen LogP contribution in [0, 0.1) is 6.92 Å². The highest BCUT2D eigenvalue weighted by molar-refractivity contribution is 7.80. The Morgan fingerprint density at radius 2 is 1.85 bits per heavy atom. The number of thiocarbonyl (C=S) groups is 1. The number of methoxy groups -OCH3 is 1. The smallest absolute Gasteiger partial charge is 0.270 e. The molecule has 3 rings (SSSR count). The summed E-state index contributed by atoms with van der Waals surface area (Å²) in [5, 5.41) is 2.65. The molecule has 1 aromatic heterocycles. The lowest BCUT2D eigenvalue weighted by molar-refractivity contribution is -0.122. The van der Waals surface area contributed by atoms with Gasteiger partial charge in [-0.05, 0) is 75.0 Å². The highest BCUT2D eigenvalue weighted by atomic mass is 32.1. The zero-order chi connectivity index (χ0) is 19.7. The molecule has 1 N–H and O–H groups in total. The predicted molar refractivity (Wildman–Crippen MR) is 109 cm³/mol. The third-order valence-corrected chi connectivity index (χ3v) is 4.66. The van der Waals surface area contributed by atoms with Gasteiger partial charge in [0.1, 0.15) is 11.3 Å². The van der Waals surface area contributed by atoms with Crippen LogP contribution < -0.4 is 15.0 Å². The second-order valence-electron chi connectivity index (χ2n) is 6.57. The fraction of sp³-hybridized carbons (Fsp3) is 0.250. The normalized spacial score (nSPS) is 16.3. The maximum Gasteiger partial charge on any atom is 0.270 e. The summed E-state index contributed by atoms with van der Waals surface area (Å²) in [5.74, 6) is -0.284. The molecule has 1 aromatic carbocycles. The summed E-state index contributed by atoms with van der Waals surface area (Å²) in [4.78, 5) is 26.7. The van der Waals surface area contributed by atoms with Crippen LogP contribution >= 0.6 is 12.2 Å². The highest BCUT2D eigenvalue weighted by Crippen LogP contribution is 2.25.